The summed E-state index contributed by atoms with van der Waals surface area (Å²) < 4.78 is 4.69. The summed E-state index contributed by atoms with van der Waals surface area (Å²) in [7, 11) is 1.35. The molecule has 0 radical (unpaired) electrons. The van der Waals surface area contributed by atoms with E-state index in [0.717, 1.165) is 11.3 Å². The summed E-state index contributed by atoms with van der Waals surface area (Å²) >= 11 is 1.61. The van der Waals surface area contributed by atoms with Crippen LogP contribution in [0.5, 0.6) is 0 Å². The van der Waals surface area contributed by atoms with Crippen molar-refractivity contribution in [2.24, 2.45) is 0 Å². The molecule has 2 aromatic rings. The molecule has 1 aliphatic rings. The van der Waals surface area contributed by atoms with E-state index in [1.165, 1.54) is 7.11 Å². The van der Waals surface area contributed by atoms with Gasteiger partial charge in [-0.15, -0.1) is 11.8 Å². The maximum absolute atomic E-state index is 12.2. The quantitative estimate of drug-likeness (QED) is 0.816. The van der Waals surface area contributed by atoms with Gasteiger partial charge in [-0.2, -0.15) is 0 Å². The molecule has 1 unspecified atom stereocenters. The zero-order valence-corrected chi connectivity index (χ0v) is 12.9. The van der Waals surface area contributed by atoms with Gasteiger partial charge in [0.15, 0.2) is 0 Å². The molecule has 0 aliphatic carbocycles. The number of hydrogen-bond acceptors (Lipinski definition) is 4. The SMILES string of the molecule is COC(=O)c1ccc(N2C(=O)CSC2c2ccccc2)cc1. The highest BCUT2D eigenvalue weighted by Gasteiger charge is 2.33. The average molecular weight is 313 g/mol. The van der Waals surface area contributed by atoms with Crippen LogP contribution in [0.4, 0.5) is 5.69 Å². The first kappa shape index (κ1) is 14.7. The molecule has 1 amide bonds. The Morgan fingerprint density at radius 2 is 1.82 bits per heavy atom. The van der Waals surface area contributed by atoms with Crippen molar-refractivity contribution < 1.29 is 14.3 Å². The number of rotatable bonds is 3. The summed E-state index contributed by atoms with van der Waals surface area (Å²) in [6.07, 6.45) is 0. The molecule has 0 bridgehead atoms. The average Bonchev–Trinajstić information content (AvgIpc) is 2.96. The molecule has 0 spiro atoms. The lowest BCUT2D eigenvalue weighted by atomic mass is 10.1. The number of anilines is 1. The predicted octanol–water partition coefficient (Wildman–Crippen LogP) is 3.25. The van der Waals surface area contributed by atoms with Gasteiger partial charge in [0.05, 0.1) is 18.4 Å². The fraction of sp³-hybridized carbons (Fsp3) is 0.176. The van der Waals surface area contributed by atoms with E-state index in [1.54, 1.807) is 40.9 Å². The lowest BCUT2D eigenvalue weighted by molar-refractivity contribution is -0.115. The summed E-state index contributed by atoms with van der Waals surface area (Å²) in [5.41, 5.74) is 2.36. The Balaban J connectivity index is 1.91. The maximum Gasteiger partial charge on any atom is 0.337 e. The summed E-state index contributed by atoms with van der Waals surface area (Å²) in [6.45, 7) is 0. The summed E-state index contributed by atoms with van der Waals surface area (Å²) in [6, 6.07) is 16.9. The second-order valence-corrected chi connectivity index (χ2v) is 5.94. The Bertz CT molecular complexity index is 685. The Hall–Kier alpha value is -2.27. The van der Waals surface area contributed by atoms with Crippen molar-refractivity contribution in [2.45, 2.75) is 5.37 Å². The minimum atomic E-state index is -0.381. The van der Waals surface area contributed by atoms with E-state index in [0.29, 0.717) is 11.3 Å². The Kier molecular flexibility index (Phi) is 4.15. The van der Waals surface area contributed by atoms with Gasteiger partial charge in [-0.1, -0.05) is 30.3 Å². The van der Waals surface area contributed by atoms with E-state index in [1.807, 2.05) is 30.3 Å². The van der Waals surface area contributed by atoms with Crippen molar-refractivity contribution in [2.75, 3.05) is 17.8 Å². The largest absolute Gasteiger partial charge is 0.465 e. The number of esters is 1. The van der Waals surface area contributed by atoms with Crippen LogP contribution >= 0.6 is 11.8 Å². The molecule has 2 aromatic carbocycles. The number of benzene rings is 2. The number of methoxy groups -OCH3 is 1. The van der Waals surface area contributed by atoms with Crippen molar-refractivity contribution in [3.05, 3.63) is 65.7 Å². The van der Waals surface area contributed by atoms with Crippen LogP contribution in [0.15, 0.2) is 54.6 Å². The monoisotopic (exact) mass is 313 g/mol. The van der Waals surface area contributed by atoms with E-state index < -0.39 is 0 Å². The highest BCUT2D eigenvalue weighted by molar-refractivity contribution is 8.00. The minimum absolute atomic E-state index is 0.0299. The third-order valence-corrected chi connectivity index (χ3v) is 4.73. The molecular formula is C17H15NO3S. The van der Waals surface area contributed by atoms with Crippen molar-refractivity contribution in [1.29, 1.82) is 0 Å². The Morgan fingerprint density at radius 1 is 1.14 bits per heavy atom. The molecule has 5 heteroatoms. The van der Waals surface area contributed by atoms with Gasteiger partial charge in [-0.05, 0) is 29.8 Å². The topological polar surface area (TPSA) is 46.6 Å². The van der Waals surface area contributed by atoms with Crippen LogP contribution in [0.1, 0.15) is 21.3 Å². The van der Waals surface area contributed by atoms with Crippen LogP contribution in [-0.4, -0.2) is 24.7 Å². The molecule has 1 heterocycles. The highest BCUT2D eigenvalue weighted by Crippen LogP contribution is 2.41. The maximum atomic E-state index is 12.2. The first-order valence-electron chi connectivity index (χ1n) is 6.87. The molecule has 112 valence electrons. The normalized spacial score (nSPS) is 17.6. The molecule has 0 N–H and O–H groups in total. The standard InChI is InChI=1S/C17H15NO3S/c1-21-17(20)13-7-9-14(10-8-13)18-15(19)11-22-16(18)12-5-3-2-4-6-12/h2-10,16H,11H2,1H3. The van der Waals surface area contributed by atoms with Gasteiger partial charge in [-0.25, -0.2) is 4.79 Å². The molecule has 1 saturated heterocycles. The number of carbonyl (C=O) groups is 2. The summed E-state index contributed by atoms with van der Waals surface area (Å²) in [5.74, 6) is 0.149. The molecule has 4 nitrogen and oxygen atoms in total. The second-order valence-electron chi connectivity index (χ2n) is 4.88. The van der Waals surface area contributed by atoms with Gasteiger partial charge in [0.25, 0.3) is 0 Å². The van der Waals surface area contributed by atoms with E-state index in [9.17, 15) is 9.59 Å². The fourth-order valence-corrected chi connectivity index (χ4v) is 3.62. The molecule has 1 atom stereocenters. The van der Waals surface area contributed by atoms with Gasteiger partial charge in [0.2, 0.25) is 5.91 Å². The van der Waals surface area contributed by atoms with Crippen LogP contribution in [0.25, 0.3) is 0 Å². The summed E-state index contributed by atoms with van der Waals surface area (Å²) in [5, 5.41) is -0.0299. The molecule has 1 aliphatic heterocycles. The second kappa shape index (κ2) is 6.23. The number of hydrogen-bond donors (Lipinski definition) is 0. The van der Waals surface area contributed by atoms with E-state index in [-0.39, 0.29) is 17.3 Å². The van der Waals surface area contributed by atoms with E-state index in [4.69, 9.17) is 0 Å². The van der Waals surface area contributed by atoms with E-state index >= 15 is 0 Å². The number of thioether (sulfide) groups is 1. The van der Waals surface area contributed by atoms with Gasteiger partial charge >= 0.3 is 5.97 Å². The van der Waals surface area contributed by atoms with Gasteiger partial charge < -0.3 is 4.74 Å². The highest BCUT2D eigenvalue weighted by atomic mass is 32.2. The first-order chi connectivity index (χ1) is 10.7. The molecule has 22 heavy (non-hydrogen) atoms. The molecule has 0 saturated carbocycles. The van der Waals surface area contributed by atoms with Crippen LogP contribution in [-0.2, 0) is 9.53 Å². The fourth-order valence-electron chi connectivity index (χ4n) is 2.44. The minimum Gasteiger partial charge on any atom is -0.465 e. The third-order valence-electron chi connectivity index (χ3n) is 3.52. The summed E-state index contributed by atoms with van der Waals surface area (Å²) in [4.78, 5) is 25.5. The van der Waals surface area contributed by atoms with Gasteiger partial charge in [-0.3, -0.25) is 9.69 Å². The van der Waals surface area contributed by atoms with E-state index in [2.05, 4.69) is 4.74 Å². The molecule has 1 fully saturated rings. The molecular weight excluding hydrogens is 298 g/mol. The number of ether oxygens (including phenoxy) is 1. The number of amides is 1. The van der Waals surface area contributed by atoms with Crippen LogP contribution < -0.4 is 4.90 Å². The van der Waals surface area contributed by atoms with Crippen molar-refractivity contribution in [1.82, 2.24) is 0 Å². The van der Waals surface area contributed by atoms with Crippen LogP contribution in [0.2, 0.25) is 0 Å². The number of nitrogens with zero attached hydrogens (tertiary/aromatic N) is 1. The Labute approximate surface area is 133 Å². The smallest absolute Gasteiger partial charge is 0.337 e. The lowest BCUT2D eigenvalue weighted by Crippen LogP contribution is -2.27. The van der Waals surface area contributed by atoms with Crippen LogP contribution in [0.3, 0.4) is 0 Å². The van der Waals surface area contributed by atoms with Crippen molar-refractivity contribution in [3.63, 3.8) is 0 Å². The van der Waals surface area contributed by atoms with Gasteiger partial charge in [0.1, 0.15) is 5.37 Å². The zero-order valence-electron chi connectivity index (χ0n) is 12.1. The van der Waals surface area contributed by atoms with Gasteiger partial charge in [0, 0.05) is 5.69 Å². The van der Waals surface area contributed by atoms with Crippen molar-refractivity contribution >= 4 is 29.3 Å². The number of carbonyl (C=O) groups excluding carboxylic acids is 2. The van der Waals surface area contributed by atoms with Crippen LogP contribution in [0, 0.1) is 0 Å². The first-order valence-corrected chi connectivity index (χ1v) is 7.92. The lowest BCUT2D eigenvalue weighted by Gasteiger charge is -2.24. The predicted molar refractivity (Wildman–Crippen MR) is 86.9 cm³/mol. The molecule has 0 aromatic heterocycles. The van der Waals surface area contributed by atoms with Crippen molar-refractivity contribution in [3.8, 4) is 0 Å². The zero-order chi connectivity index (χ0) is 15.5. The molecule has 3 rings (SSSR count). The Morgan fingerprint density at radius 3 is 2.45 bits per heavy atom. The third kappa shape index (κ3) is 2.72.